The lowest BCUT2D eigenvalue weighted by molar-refractivity contribution is -0.150. The van der Waals surface area contributed by atoms with Gasteiger partial charge in [-0.15, -0.1) is 0 Å². The molecule has 2 saturated carbocycles. The predicted octanol–water partition coefficient (Wildman–Crippen LogP) is 8.39. The van der Waals surface area contributed by atoms with E-state index in [9.17, 15) is 19.2 Å². The first-order chi connectivity index (χ1) is 24.4. The summed E-state index contributed by atoms with van der Waals surface area (Å²) in [5.74, 6) is -0.345. The molecule has 0 aliphatic heterocycles. The predicted molar refractivity (Wildman–Crippen MR) is 202 cm³/mol. The van der Waals surface area contributed by atoms with Crippen molar-refractivity contribution in [2.45, 2.75) is 131 Å². The molecular weight excluding hydrogens is 658 g/mol. The second-order valence-corrected chi connectivity index (χ2v) is 17.1. The monoisotopic (exact) mass is 719 g/mol. The fourth-order valence-electron chi connectivity index (χ4n) is 8.03. The fourth-order valence-corrected chi connectivity index (χ4v) is 8.03. The number of esters is 1. The molecule has 3 atom stereocenters. The number of anilines is 1. The van der Waals surface area contributed by atoms with Crippen LogP contribution in [0.25, 0.3) is 0 Å². The summed E-state index contributed by atoms with van der Waals surface area (Å²) >= 11 is 0. The summed E-state index contributed by atoms with van der Waals surface area (Å²) in [5.41, 5.74) is 2.39. The Morgan fingerprint density at radius 2 is 1.50 bits per heavy atom. The van der Waals surface area contributed by atoms with E-state index in [1.54, 1.807) is 45.9 Å². The van der Waals surface area contributed by atoms with E-state index in [0.717, 1.165) is 18.4 Å². The van der Waals surface area contributed by atoms with Gasteiger partial charge in [0.05, 0.1) is 19.8 Å². The van der Waals surface area contributed by atoms with E-state index in [2.05, 4.69) is 10.8 Å². The Hall–Kier alpha value is -3.92. The Bertz CT molecular complexity index is 1530. The molecule has 0 aromatic heterocycles. The molecule has 2 aliphatic carbocycles. The quantitative estimate of drug-likeness (QED) is 0.140. The third-order valence-corrected chi connectivity index (χ3v) is 10.6. The van der Waals surface area contributed by atoms with Crippen molar-refractivity contribution in [2.75, 3.05) is 18.5 Å². The van der Waals surface area contributed by atoms with Gasteiger partial charge in [0.1, 0.15) is 11.6 Å². The van der Waals surface area contributed by atoms with E-state index in [-0.39, 0.29) is 43.2 Å². The van der Waals surface area contributed by atoms with Gasteiger partial charge in [-0.25, -0.2) is 15.1 Å². The number of nitrogens with one attached hydrogen (secondary N) is 2. The molecule has 2 aromatic rings. The highest BCUT2D eigenvalue weighted by molar-refractivity contribution is 5.95. The summed E-state index contributed by atoms with van der Waals surface area (Å²) in [5, 5.41) is 3.02. The fraction of sp³-hybridized carbons (Fsp3) is 0.619. The van der Waals surface area contributed by atoms with Crippen molar-refractivity contribution in [3.05, 3.63) is 65.7 Å². The molecule has 4 rings (SSSR count). The van der Waals surface area contributed by atoms with Gasteiger partial charge in [-0.1, -0.05) is 89.4 Å². The Kier molecular flexibility index (Phi) is 13.6. The molecule has 2 N–H and O–H groups in total. The Morgan fingerprint density at radius 1 is 0.846 bits per heavy atom. The number of fused-ring (bicyclic) bond motifs is 1. The summed E-state index contributed by atoms with van der Waals surface area (Å²) in [4.78, 5) is 61.4. The van der Waals surface area contributed by atoms with Gasteiger partial charge in [-0.05, 0) is 94.4 Å². The normalized spacial score (nSPS) is 19.6. The zero-order valence-corrected chi connectivity index (χ0v) is 32.6. The van der Waals surface area contributed by atoms with Gasteiger partial charge in [-0.3, -0.25) is 19.3 Å². The number of hydroxylamine groups is 1. The van der Waals surface area contributed by atoms with E-state index in [1.807, 2.05) is 64.1 Å². The summed E-state index contributed by atoms with van der Waals surface area (Å²) in [6, 6.07) is 15.7. The molecule has 0 saturated heterocycles. The average Bonchev–Trinajstić information content (AvgIpc) is 3.50. The minimum absolute atomic E-state index is 0.0353. The van der Waals surface area contributed by atoms with Crippen LogP contribution in [0.4, 0.5) is 10.5 Å². The van der Waals surface area contributed by atoms with Crippen molar-refractivity contribution in [3.63, 3.8) is 0 Å². The molecule has 1 unspecified atom stereocenters. The highest BCUT2D eigenvalue weighted by atomic mass is 16.7. The molecular formula is C42H61N3O7. The number of nitrogens with zero attached hydrogens (tertiary/aromatic N) is 1. The third-order valence-electron chi connectivity index (χ3n) is 10.6. The second-order valence-electron chi connectivity index (χ2n) is 17.1. The summed E-state index contributed by atoms with van der Waals surface area (Å²) < 4.78 is 11.2. The first-order valence-electron chi connectivity index (χ1n) is 19.0. The molecule has 0 bridgehead atoms. The highest BCUT2D eigenvalue weighted by Crippen LogP contribution is 2.52. The Morgan fingerprint density at radius 3 is 2.19 bits per heavy atom. The second kappa shape index (κ2) is 17.3. The van der Waals surface area contributed by atoms with E-state index < -0.39 is 34.5 Å². The molecule has 0 radical (unpaired) electrons. The van der Waals surface area contributed by atoms with Crippen molar-refractivity contribution in [2.24, 2.45) is 22.2 Å². The number of amides is 3. The van der Waals surface area contributed by atoms with Gasteiger partial charge in [-0.2, -0.15) is 0 Å². The molecule has 286 valence electrons. The van der Waals surface area contributed by atoms with Gasteiger partial charge in [0.25, 0.3) is 0 Å². The Labute approximate surface area is 310 Å². The summed E-state index contributed by atoms with van der Waals surface area (Å²) in [6.07, 6.45) is 8.40. The van der Waals surface area contributed by atoms with Crippen LogP contribution in [0.2, 0.25) is 0 Å². The molecule has 3 amide bonds. The van der Waals surface area contributed by atoms with Crippen molar-refractivity contribution in [3.8, 4) is 0 Å². The number of hydrogen-bond donors (Lipinski definition) is 2. The van der Waals surface area contributed by atoms with Gasteiger partial charge in [0.2, 0.25) is 11.8 Å². The molecule has 2 fully saturated rings. The SMILES string of the molecule is CCOC(=O)[C@H](Cc1ccccc1)N(Cc1cccc(NC(=O)C(C)(C)CC(C)(C)C(=O)NOCC23CCCC[C@H]2CCC3)c1)C(=O)OC(C)(C)C. The first-order valence-corrected chi connectivity index (χ1v) is 19.0. The number of carbonyl (C=O) groups is 4. The highest BCUT2D eigenvalue weighted by Gasteiger charge is 2.45. The van der Waals surface area contributed by atoms with E-state index in [4.69, 9.17) is 14.3 Å². The molecule has 2 aromatic carbocycles. The van der Waals surface area contributed by atoms with Crippen molar-refractivity contribution < 1.29 is 33.5 Å². The lowest BCUT2D eigenvalue weighted by Crippen LogP contribution is -2.48. The number of carbonyl (C=O) groups excluding carboxylic acids is 4. The molecule has 2 aliphatic rings. The van der Waals surface area contributed by atoms with Crippen LogP contribution < -0.4 is 10.8 Å². The largest absolute Gasteiger partial charge is 0.464 e. The van der Waals surface area contributed by atoms with Crippen LogP contribution in [-0.2, 0) is 41.7 Å². The Balaban J connectivity index is 1.44. The maximum atomic E-state index is 13.7. The van der Waals surface area contributed by atoms with E-state index in [1.165, 1.54) is 37.0 Å². The van der Waals surface area contributed by atoms with Gasteiger partial charge in [0.15, 0.2) is 0 Å². The van der Waals surface area contributed by atoms with Crippen LogP contribution in [0.15, 0.2) is 54.6 Å². The lowest BCUT2D eigenvalue weighted by Gasteiger charge is -2.39. The number of ether oxygens (including phenoxy) is 2. The topological polar surface area (TPSA) is 123 Å². The van der Waals surface area contributed by atoms with Crippen LogP contribution in [0.1, 0.15) is 118 Å². The smallest absolute Gasteiger partial charge is 0.411 e. The molecule has 10 heteroatoms. The van der Waals surface area contributed by atoms with E-state index >= 15 is 0 Å². The summed E-state index contributed by atoms with van der Waals surface area (Å²) in [6.45, 7) is 15.1. The average molecular weight is 720 g/mol. The van der Waals surface area contributed by atoms with Crippen LogP contribution in [-0.4, -0.2) is 53.6 Å². The van der Waals surface area contributed by atoms with Crippen molar-refractivity contribution >= 4 is 29.6 Å². The maximum absolute atomic E-state index is 13.7. The molecule has 10 nitrogen and oxygen atoms in total. The lowest BCUT2D eigenvalue weighted by atomic mass is 9.69. The standard InChI is InChI=1S/C42H61N3O7/c1-9-50-35(46)34(26-30-17-11-10-12-18-30)45(38(49)52-39(2,3)4)27-31-19-15-22-33(25-31)43-36(47)40(5,6)28-41(7,8)37(48)44-51-29-42-23-14-13-20-32(42)21-16-24-42/h10-12,15,17-19,22,25,32,34H,9,13-14,16,20-21,23-24,26-29H2,1-8H3,(H,43,47)(H,44,48)/t32-,34-,42?/m0/s1. The minimum Gasteiger partial charge on any atom is -0.464 e. The molecule has 0 spiro atoms. The minimum atomic E-state index is -0.950. The van der Waals surface area contributed by atoms with Gasteiger partial charge in [0, 0.05) is 22.9 Å². The van der Waals surface area contributed by atoms with E-state index in [0.29, 0.717) is 23.8 Å². The number of rotatable bonds is 15. The number of hydrogen-bond acceptors (Lipinski definition) is 7. The zero-order chi connectivity index (χ0) is 38.2. The van der Waals surface area contributed by atoms with Gasteiger partial charge >= 0.3 is 12.1 Å². The van der Waals surface area contributed by atoms with Crippen LogP contribution >= 0.6 is 0 Å². The van der Waals surface area contributed by atoms with Crippen LogP contribution in [0.3, 0.4) is 0 Å². The number of benzene rings is 2. The van der Waals surface area contributed by atoms with Crippen LogP contribution in [0.5, 0.6) is 0 Å². The maximum Gasteiger partial charge on any atom is 0.411 e. The molecule has 52 heavy (non-hydrogen) atoms. The van der Waals surface area contributed by atoms with Crippen molar-refractivity contribution in [1.82, 2.24) is 10.4 Å². The van der Waals surface area contributed by atoms with Crippen LogP contribution in [0, 0.1) is 22.2 Å². The third kappa shape index (κ3) is 11.0. The van der Waals surface area contributed by atoms with Gasteiger partial charge < -0.3 is 14.8 Å². The summed E-state index contributed by atoms with van der Waals surface area (Å²) in [7, 11) is 0. The molecule has 0 heterocycles. The zero-order valence-electron chi connectivity index (χ0n) is 32.6. The van der Waals surface area contributed by atoms with Crippen molar-refractivity contribution in [1.29, 1.82) is 0 Å². The first kappa shape index (κ1) is 40.8.